The summed E-state index contributed by atoms with van der Waals surface area (Å²) in [6, 6.07) is 19.4. The first-order chi connectivity index (χ1) is 21.4. The zero-order valence-electron chi connectivity index (χ0n) is 24.8. The number of nitrogens with one attached hydrogen (secondary N) is 1. The van der Waals surface area contributed by atoms with E-state index in [1.54, 1.807) is 30.2 Å². The van der Waals surface area contributed by atoms with Crippen LogP contribution in [0.15, 0.2) is 78.4 Å². The summed E-state index contributed by atoms with van der Waals surface area (Å²) in [5.74, 6) is 0.0554. The number of para-hydroxylation sites is 1. The monoisotopic (exact) mass is 602 g/mol. The molecule has 1 aliphatic heterocycles. The van der Waals surface area contributed by atoms with Crippen LogP contribution in [0.25, 0.3) is 0 Å². The second-order valence-corrected chi connectivity index (χ2v) is 10.8. The lowest BCUT2D eigenvalue weighted by Gasteiger charge is -2.41. The van der Waals surface area contributed by atoms with Crippen LogP contribution in [0.5, 0.6) is 17.2 Å². The molecule has 0 radical (unpaired) electrons. The molecule has 0 saturated carbocycles. The maximum atomic E-state index is 14.0. The van der Waals surface area contributed by atoms with Crippen molar-refractivity contribution in [3.8, 4) is 17.2 Å². The molecule has 0 unspecified atom stereocenters. The molecule has 232 valence electrons. The van der Waals surface area contributed by atoms with E-state index >= 15 is 0 Å². The first-order valence-electron chi connectivity index (χ1n) is 14.6. The SMILES string of the molecule is COc1ccccc1CCN(C(=O)Cc1ccccc1)[C@@H]1C=C(C(=O)NCCO)[C@@H]2c3cc(CO)cc(OC)c3O[C@@H]2[C@H]1O. The van der Waals surface area contributed by atoms with Crippen molar-refractivity contribution >= 4 is 11.8 Å². The summed E-state index contributed by atoms with van der Waals surface area (Å²) in [4.78, 5) is 29.2. The molecule has 3 aromatic rings. The fourth-order valence-electron chi connectivity index (χ4n) is 6.08. The zero-order valence-corrected chi connectivity index (χ0v) is 24.8. The predicted octanol–water partition coefficient (Wildman–Crippen LogP) is 2.13. The lowest BCUT2D eigenvalue weighted by molar-refractivity contribution is -0.136. The Morgan fingerprint density at radius 2 is 1.68 bits per heavy atom. The molecule has 0 fully saturated rings. The highest BCUT2D eigenvalue weighted by atomic mass is 16.5. The summed E-state index contributed by atoms with van der Waals surface area (Å²) in [5, 5.41) is 33.9. The molecule has 0 spiro atoms. The number of aliphatic hydroxyl groups excluding tert-OH is 3. The van der Waals surface area contributed by atoms with E-state index in [1.807, 2.05) is 54.6 Å². The average molecular weight is 603 g/mol. The maximum absolute atomic E-state index is 14.0. The van der Waals surface area contributed by atoms with Crippen LogP contribution in [0.3, 0.4) is 0 Å². The van der Waals surface area contributed by atoms with Crippen LogP contribution >= 0.6 is 0 Å². The van der Waals surface area contributed by atoms with Crippen molar-refractivity contribution in [2.45, 2.75) is 43.6 Å². The van der Waals surface area contributed by atoms with Gasteiger partial charge in [-0.3, -0.25) is 9.59 Å². The Morgan fingerprint density at radius 1 is 0.955 bits per heavy atom. The number of fused-ring (bicyclic) bond motifs is 3. The van der Waals surface area contributed by atoms with Crippen molar-refractivity contribution in [1.82, 2.24) is 10.2 Å². The van der Waals surface area contributed by atoms with E-state index in [9.17, 15) is 24.9 Å². The fourth-order valence-corrected chi connectivity index (χ4v) is 6.08. The van der Waals surface area contributed by atoms with Crippen LogP contribution in [0.1, 0.15) is 28.2 Å². The normalized spacial score (nSPS) is 20.1. The van der Waals surface area contributed by atoms with E-state index in [-0.39, 0.29) is 38.6 Å². The fraction of sp³-hybridized carbons (Fsp3) is 0.353. The number of hydrogen-bond donors (Lipinski definition) is 4. The van der Waals surface area contributed by atoms with Gasteiger partial charge in [0.05, 0.1) is 45.8 Å². The van der Waals surface area contributed by atoms with Gasteiger partial charge in [0, 0.05) is 24.2 Å². The first kappa shape index (κ1) is 31.1. The summed E-state index contributed by atoms with van der Waals surface area (Å²) in [6.45, 7) is -0.251. The Hall–Kier alpha value is -4.38. The third-order valence-corrected chi connectivity index (χ3v) is 8.19. The number of ether oxygens (including phenoxy) is 3. The summed E-state index contributed by atoms with van der Waals surface area (Å²) in [5.41, 5.74) is 3.17. The highest BCUT2D eigenvalue weighted by Gasteiger charge is 2.51. The second kappa shape index (κ2) is 13.9. The molecule has 4 N–H and O–H groups in total. The van der Waals surface area contributed by atoms with E-state index in [0.717, 1.165) is 11.1 Å². The van der Waals surface area contributed by atoms with Crippen molar-refractivity contribution in [1.29, 1.82) is 0 Å². The maximum Gasteiger partial charge on any atom is 0.247 e. The molecule has 10 nitrogen and oxygen atoms in total. The van der Waals surface area contributed by atoms with Gasteiger partial charge in [-0.25, -0.2) is 0 Å². The molecule has 1 heterocycles. The van der Waals surface area contributed by atoms with Gasteiger partial charge in [-0.05, 0) is 47.4 Å². The van der Waals surface area contributed by atoms with Crippen LogP contribution < -0.4 is 19.5 Å². The first-order valence-corrected chi connectivity index (χ1v) is 14.6. The van der Waals surface area contributed by atoms with Crippen molar-refractivity contribution in [3.05, 3.63) is 101 Å². The largest absolute Gasteiger partial charge is 0.496 e. The summed E-state index contributed by atoms with van der Waals surface area (Å²) in [7, 11) is 3.07. The lowest BCUT2D eigenvalue weighted by Crippen LogP contribution is -2.56. The predicted molar refractivity (Wildman–Crippen MR) is 163 cm³/mol. The Morgan fingerprint density at radius 3 is 2.39 bits per heavy atom. The third-order valence-electron chi connectivity index (χ3n) is 8.19. The van der Waals surface area contributed by atoms with Gasteiger partial charge in [-0.1, -0.05) is 48.5 Å². The molecule has 3 aromatic carbocycles. The molecule has 2 aliphatic rings. The third kappa shape index (κ3) is 6.28. The minimum Gasteiger partial charge on any atom is -0.496 e. The number of benzene rings is 3. The van der Waals surface area contributed by atoms with E-state index in [0.29, 0.717) is 40.4 Å². The lowest BCUT2D eigenvalue weighted by atomic mass is 9.77. The van der Waals surface area contributed by atoms with Crippen LogP contribution in [-0.2, 0) is 29.0 Å². The number of nitrogens with zero attached hydrogens (tertiary/aromatic N) is 1. The average Bonchev–Trinajstić information content (AvgIpc) is 3.44. The minimum absolute atomic E-state index is 0.0267. The molecular weight excluding hydrogens is 564 g/mol. The van der Waals surface area contributed by atoms with E-state index in [2.05, 4.69) is 5.32 Å². The standard InChI is InChI=1S/C34H38N2O8/c1-42-27-11-7-6-10-23(27)12-14-36(29(39)18-21-8-4-3-5-9-21)26-19-25(34(41)35-13-15-37)30-24-16-22(20-38)17-28(43-2)32(24)44-33(30)31(26)40/h3-11,16-17,19,26,30-31,33,37-38,40H,12-15,18,20H2,1-2H3,(H,35,41)/t26-,30+,31+,33+/m1/s1. The van der Waals surface area contributed by atoms with Crippen molar-refractivity contribution in [3.63, 3.8) is 0 Å². The summed E-state index contributed by atoms with van der Waals surface area (Å²) < 4.78 is 17.4. The van der Waals surface area contributed by atoms with Crippen molar-refractivity contribution < 1.29 is 39.1 Å². The molecule has 44 heavy (non-hydrogen) atoms. The molecule has 0 bridgehead atoms. The minimum atomic E-state index is -1.21. The Labute approximate surface area is 256 Å². The van der Waals surface area contributed by atoms with E-state index < -0.39 is 30.1 Å². The molecule has 5 rings (SSSR count). The molecular formula is C34H38N2O8. The van der Waals surface area contributed by atoms with Gasteiger partial charge in [-0.2, -0.15) is 0 Å². The van der Waals surface area contributed by atoms with Crippen molar-refractivity contribution in [2.75, 3.05) is 33.9 Å². The molecule has 0 aromatic heterocycles. The number of hydrogen-bond acceptors (Lipinski definition) is 8. The van der Waals surface area contributed by atoms with Gasteiger partial charge in [0.1, 0.15) is 18.0 Å². The van der Waals surface area contributed by atoms with Gasteiger partial charge in [0.2, 0.25) is 11.8 Å². The molecule has 1 aliphatic carbocycles. The quantitative estimate of drug-likeness (QED) is 0.248. The topological polar surface area (TPSA) is 138 Å². The van der Waals surface area contributed by atoms with Crippen LogP contribution in [-0.4, -0.2) is 84.2 Å². The van der Waals surface area contributed by atoms with Crippen LogP contribution in [0.2, 0.25) is 0 Å². The highest BCUT2D eigenvalue weighted by molar-refractivity contribution is 5.96. The second-order valence-electron chi connectivity index (χ2n) is 10.8. The number of rotatable bonds is 12. The molecule has 0 saturated heterocycles. The van der Waals surface area contributed by atoms with E-state index in [1.165, 1.54) is 7.11 Å². The van der Waals surface area contributed by atoms with Gasteiger partial charge in [-0.15, -0.1) is 0 Å². The number of amides is 2. The summed E-state index contributed by atoms with van der Waals surface area (Å²) >= 11 is 0. The number of aliphatic hydroxyl groups is 3. The molecule has 4 atom stereocenters. The smallest absolute Gasteiger partial charge is 0.247 e. The Bertz CT molecular complexity index is 1510. The zero-order chi connectivity index (χ0) is 31.2. The van der Waals surface area contributed by atoms with Gasteiger partial charge in [0.15, 0.2) is 11.5 Å². The van der Waals surface area contributed by atoms with Crippen LogP contribution in [0, 0.1) is 0 Å². The Balaban J connectivity index is 1.57. The molecule has 2 amide bonds. The van der Waals surface area contributed by atoms with Crippen LogP contribution in [0.4, 0.5) is 0 Å². The van der Waals surface area contributed by atoms with Gasteiger partial charge >= 0.3 is 0 Å². The number of carbonyl (C=O) groups is 2. The van der Waals surface area contributed by atoms with Gasteiger partial charge < -0.3 is 39.7 Å². The van der Waals surface area contributed by atoms with Crippen molar-refractivity contribution in [2.24, 2.45) is 0 Å². The van der Waals surface area contributed by atoms with Gasteiger partial charge in [0.25, 0.3) is 0 Å². The Kier molecular flexibility index (Phi) is 9.84. The highest BCUT2D eigenvalue weighted by Crippen LogP contribution is 2.51. The summed E-state index contributed by atoms with van der Waals surface area (Å²) in [6.07, 6.45) is 0.0487. The number of carbonyl (C=O) groups excluding carboxylic acids is 2. The number of methoxy groups -OCH3 is 2. The van der Waals surface area contributed by atoms with E-state index in [4.69, 9.17) is 14.2 Å². The molecule has 10 heteroatoms.